The molecule has 3 N–H and O–H groups in total. The van der Waals surface area contributed by atoms with E-state index in [1.54, 1.807) is 6.20 Å². The van der Waals surface area contributed by atoms with Gasteiger partial charge in [0.2, 0.25) is 5.95 Å². The molecule has 2 aromatic rings. The van der Waals surface area contributed by atoms with Crippen molar-refractivity contribution in [1.29, 1.82) is 0 Å². The third-order valence-electron chi connectivity index (χ3n) is 2.89. The molecule has 0 radical (unpaired) electrons. The quantitative estimate of drug-likeness (QED) is 0.689. The number of rotatable bonds is 1. The number of nitrogens with one attached hydrogen (secondary N) is 1. The predicted octanol–water partition coefficient (Wildman–Crippen LogP) is -0.279. The lowest BCUT2D eigenvalue weighted by Gasteiger charge is -2.29. The first-order valence-electron chi connectivity index (χ1n) is 5.39. The molecule has 0 atom stereocenters. The fourth-order valence-corrected chi connectivity index (χ4v) is 2.05. The van der Waals surface area contributed by atoms with Crippen LogP contribution in [0.5, 0.6) is 0 Å². The highest BCUT2D eigenvalue weighted by atomic mass is 15.2. The van der Waals surface area contributed by atoms with E-state index in [4.69, 9.17) is 5.73 Å². The third kappa shape index (κ3) is 1.38. The van der Waals surface area contributed by atoms with Crippen LogP contribution in [0.25, 0.3) is 5.65 Å². The highest BCUT2D eigenvalue weighted by molar-refractivity contribution is 5.69. The van der Waals surface area contributed by atoms with Gasteiger partial charge in [0.25, 0.3) is 0 Å². The van der Waals surface area contributed by atoms with E-state index in [2.05, 4.69) is 20.2 Å². The van der Waals surface area contributed by atoms with Crippen LogP contribution in [0.4, 0.5) is 11.6 Å². The minimum Gasteiger partial charge on any atom is -0.369 e. The highest BCUT2D eigenvalue weighted by Gasteiger charge is 2.15. The van der Waals surface area contributed by atoms with Gasteiger partial charge in [0.1, 0.15) is 0 Å². The summed E-state index contributed by atoms with van der Waals surface area (Å²) in [5.74, 6) is 0.478. The molecular weight excluding hydrogens is 204 g/mol. The lowest BCUT2D eigenvalue weighted by molar-refractivity contribution is 0.589. The number of anilines is 2. The number of hydrogen-bond acceptors (Lipinski definition) is 5. The average molecular weight is 218 g/mol. The maximum atomic E-state index is 5.78. The van der Waals surface area contributed by atoms with Gasteiger partial charge in [-0.05, 0) is 0 Å². The molecule has 1 aliphatic rings. The number of nitrogens with two attached hydrogens (primary N) is 1. The number of nitrogen functional groups attached to an aromatic ring is 1. The minimum absolute atomic E-state index is 0.478. The van der Waals surface area contributed by atoms with Crippen molar-refractivity contribution >= 4 is 17.3 Å². The fourth-order valence-electron chi connectivity index (χ4n) is 2.05. The molecule has 6 nitrogen and oxygen atoms in total. The van der Waals surface area contributed by atoms with Gasteiger partial charge in [-0.1, -0.05) is 0 Å². The van der Waals surface area contributed by atoms with Gasteiger partial charge in [-0.15, -0.1) is 0 Å². The number of fused-ring (bicyclic) bond motifs is 1. The summed E-state index contributed by atoms with van der Waals surface area (Å²) < 4.78 is 1.82. The average Bonchev–Trinajstić information content (AvgIpc) is 2.81. The molecule has 16 heavy (non-hydrogen) atoms. The Morgan fingerprint density at radius 2 is 2.06 bits per heavy atom. The number of aromatic nitrogens is 3. The lowest BCUT2D eigenvalue weighted by Crippen LogP contribution is -2.43. The first-order chi connectivity index (χ1) is 7.86. The first kappa shape index (κ1) is 9.41. The van der Waals surface area contributed by atoms with Crippen molar-refractivity contribution in [1.82, 2.24) is 19.7 Å². The van der Waals surface area contributed by atoms with Gasteiger partial charge in [0, 0.05) is 38.6 Å². The molecule has 1 saturated heterocycles. The Balaban J connectivity index is 2.08. The van der Waals surface area contributed by atoms with Crippen LogP contribution in [0.2, 0.25) is 0 Å². The maximum Gasteiger partial charge on any atom is 0.206 e. The molecule has 3 rings (SSSR count). The van der Waals surface area contributed by atoms with E-state index < -0.39 is 0 Å². The molecule has 1 fully saturated rings. The van der Waals surface area contributed by atoms with Gasteiger partial charge >= 0.3 is 0 Å². The van der Waals surface area contributed by atoms with Crippen LogP contribution in [-0.4, -0.2) is 40.5 Å². The van der Waals surface area contributed by atoms with Crippen molar-refractivity contribution < 1.29 is 0 Å². The third-order valence-corrected chi connectivity index (χ3v) is 2.89. The predicted molar refractivity (Wildman–Crippen MR) is 62.5 cm³/mol. The summed E-state index contributed by atoms with van der Waals surface area (Å²) in [6, 6.07) is 0. The van der Waals surface area contributed by atoms with Gasteiger partial charge in [-0.3, -0.25) is 4.40 Å². The molecule has 0 unspecified atom stereocenters. The minimum atomic E-state index is 0.478. The van der Waals surface area contributed by atoms with Crippen molar-refractivity contribution in [3.05, 3.63) is 18.6 Å². The SMILES string of the molecule is Nc1ncc(N2CCNCC2)c2nccn12. The van der Waals surface area contributed by atoms with Crippen LogP contribution in [0.15, 0.2) is 18.6 Å². The molecule has 84 valence electrons. The van der Waals surface area contributed by atoms with Crippen LogP contribution in [0.1, 0.15) is 0 Å². The van der Waals surface area contributed by atoms with Gasteiger partial charge in [-0.2, -0.15) is 0 Å². The van der Waals surface area contributed by atoms with Crippen molar-refractivity contribution in [2.45, 2.75) is 0 Å². The standard InChI is InChI=1S/C10H14N6/c11-10-14-7-8(9-13-3-6-16(9)10)15-4-1-12-2-5-15/h3,6-7,12H,1-2,4-5H2,(H2,11,14). The molecule has 1 aliphatic heterocycles. The van der Waals surface area contributed by atoms with Gasteiger partial charge in [0.15, 0.2) is 5.65 Å². The van der Waals surface area contributed by atoms with Crippen molar-refractivity contribution in [2.75, 3.05) is 36.8 Å². The van der Waals surface area contributed by atoms with E-state index in [0.29, 0.717) is 5.95 Å². The molecule has 0 saturated carbocycles. The Labute approximate surface area is 93.1 Å². The van der Waals surface area contributed by atoms with Crippen LogP contribution in [0, 0.1) is 0 Å². The van der Waals surface area contributed by atoms with Gasteiger partial charge in [-0.25, -0.2) is 9.97 Å². The number of imidazole rings is 1. The van der Waals surface area contributed by atoms with Crippen LogP contribution < -0.4 is 16.0 Å². The van der Waals surface area contributed by atoms with Crippen LogP contribution in [-0.2, 0) is 0 Å². The zero-order valence-corrected chi connectivity index (χ0v) is 8.93. The van der Waals surface area contributed by atoms with Gasteiger partial charge in [0.05, 0.1) is 11.9 Å². The number of piperazine rings is 1. The Kier molecular flexibility index (Phi) is 2.14. The highest BCUT2D eigenvalue weighted by Crippen LogP contribution is 2.21. The van der Waals surface area contributed by atoms with E-state index in [-0.39, 0.29) is 0 Å². The van der Waals surface area contributed by atoms with Gasteiger partial charge < -0.3 is 16.0 Å². The molecule has 0 aromatic carbocycles. The molecule has 6 heteroatoms. The maximum absolute atomic E-state index is 5.78. The van der Waals surface area contributed by atoms with Crippen LogP contribution >= 0.6 is 0 Å². The summed E-state index contributed by atoms with van der Waals surface area (Å²) in [6.45, 7) is 3.96. The lowest BCUT2D eigenvalue weighted by atomic mass is 10.3. The molecule has 3 heterocycles. The molecule has 0 spiro atoms. The summed E-state index contributed by atoms with van der Waals surface area (Å²) in [4.78, 5) is 10.8. The number of nitrogens with zero attached hydrogens (tertiary/aromatic N) is 4. The molecule has 2 aromatic heterocycles. The van der Waals surface area contributed by atoms with Crippen molar-refractivity contribution in [2.24, 2.45) is 0 Å². The Morgan fingerprint density at radius 1 is 1.25 bits per heavy atom. The van der Waals surface area contributed by atoms with Crippen molar-refractivity contribution in [3.8, 4) is 0 Å². The summed E-state index contributed by atoms with van der Waals surface area (Å²) in [5, 5.41) is 3.32. The normalized spacial score (nSPS) is 16.9. The van der Waals surface area contributed by atoms with E-state index in [0.717, 1.165) is 37.5 Å². The summed E-state index contributed by atoms with van der Waals surface area (Å²) >= 11 is 0. The van der Waals surface area contributed by atoms with E-state index in [1.165, 1.54) is 0 Å². The first-order valence-corrected chi connectivity index (χ1v) is 5.39. The second-order valence-electron chi connectivity index (χ2n) is 3.86. The van der Waals surface area contributed by atoms with Crippen LogP contribution in [0.3, 0.4) is 0 Å². The zero-order valence-electron chi connectivity index (χ0n) is 8.93. The molecule has 0 amide bonds. The monoisotopic (exact) mass is 218 g/mol. The Morgan fingerprint density at radius 3 is 2.88 bits per heavy atom. The smallest absolute Gasteiger partial charge is 0.206 e. The topological polar surface area (TPSA) is 71.5 Å². The second-order valence-corrected chi connectivity index (χ2v) is 3.86. The van der Waals surface area contributed by atoms with E-state index >= 15 is 0 Å². The Hall–Kier alpha value is -1.82. The van der Waals surface area contributed by atoms with E-state index in [9.17, 15) is 0 Å². The molecular formula is C10H14N6. The largest absolute Gasteiger partial charge is 0.369 e. The Bertz CT molecular complexity index is 499. The zero-order chi connectivity index (χ0) is 11.0. The molecule has 0 aliphatic carbocycles. The van der Waals surface area contributed by atoms with E-state index in [1.807, 2.05) is 16.8 Å². The molecule has 0 bridgehead atoms. The van der Waals surface area contributed by atoms with Crippen molar-refractivity contribution in [3.63, 3.8) is 0 Å². The summed E-state index contributed by atoms with van der Waals surface area (Å²) in [5.41, 5.74) is 7.72. The second kappa shape index (κ2) is 3.64. The fraction of sp³-hybridized carbons (Fsp3) is 0.400. The summed E-state index contributed by atoms with van der Waals surface area (Å²) in [6.07, 6.45) is 5.39. The summed E-state index contributed by atoms with van der Waals surface area (Å²) in [7, 11) is 0. The number of hydrogen-bond donors (Lipinski definition) is 2.